The lowest BCUT2D eigenvalue weighted by atomic mass is 9.99. The number of phenolic OH excluding ortho intramolecular Hbond substituents is 1. The summed E-state index contributed by atoms with van der Waals surface area (Å²) in [4.78, 5) is 0. The van der Waals surface area contributed by atoms with Gasteiger partial charge < -0.3 is 9.52 Å². The fourth-order valence-corrected chi connectivity index (χ4v) is 2.78. The molecule has 2 aromatic carbocycles. The first-order valence-corrected chi connectivity index (χ1v) is 7.01. The van der Waals surface area contributed by atoms with Crippen LogP contribution in [0.15, 0.2) is 46.9 Å². The van der Waals surface area contributed by atoms with E-state index in [4.69, 9.17) is 4.42 Å². The topological polar surface area (TPSA) is 33.4 Å². The van der Waals surface area contributed by atoms with Crippen LogP contribution in [0.3, 0.4) is 0 Å². The van der Waals surface area contributed by atoms with Crippen molar-refractivity contribution in [2.45, 2.75) is 26.7 Å². The minimum absolute atomic E-state index is 0.327. The summed E-state index contributed by atoms with van der Waals surface area (Å²) in [6.07, 6.45) is 1.80. The molecule has 2 nitrogen and oxygen atoms in total. The van der Waals surface area contributed by atoms with Crippen LogP contribution in [0.1, 0.15) is 24.7 Å². The van der Waals surface area contributed by atoms with Gasteiger partial charge in [0, 0.05) is 16.5 Å². The largest absolute Gasteiger partial charge is 0.508 e. The predicted molar refractivity (Wildman–Crippen MR) is 82.0 cm³/mol. The van der Waals surface area contributed by atoms with E-state index in [-0.39, 0.29) is 0 Å². The maximum absolute atomic E-state index is 10.1. The standard InChI is InChI=1S/C18H18O2/c1-3-7-14-16(19)11-10-15-17(12(2)20-18(14)15)13-8-5-4-6-9-13/h4-6,8-11,19H,3,7H2,1-2H3. The van der Waals surface area contributed by atoms with Crippen LogP contribution in [-0.4, -0.2) is 5.11 Å². The number of fused-ring (bicyclic) bond motifs is 1. The molecule has 1 N–H and O–H groups in total. The molecule has 0 saturated heterocycles. The lowest BCUT2D eigenvalue weighted by Gasteiger charge is -2.04. The van der Waals surface area contributed by atoms with E-state index in [1.807, 2.05) is 31.2 Å². The van der Waals surface area contributed by atoms with Gasteiger partial charge in [0.2, 0.25) is 0 Å². The van der Waals surface area contributed by atoms with E-state index in [9.17, 15) is 5.11 Å². The predicted octanol–water partition coefficient (Wildman–Crippen LogP) is 5.07. The molecular weight excluding hydrogens is 248 g/mol. The normalized spacial score (nSPS) is 11.1. The maximum atomic E-state index is 10.1. The van der Waals surface area contributed by atoms with E-state index in [1.54, 1.807) is 6.07 Å². The Balaban J connectivity index is 2.30. The number of rotatable bonds is 3. The Morgan fingerprint density at radius 3 is 2.50 bits per heavy atom. The first-order chi connectivity index (χ1) is 9.72. The van der Waals surface area contributed by atoms with Gasteiger partial charge in [-0.2, -0.15) is 0 Å². The molecule has 0 radical (unpaired) electrons. The summed E-state index contributed by atoms with van der Waals surface area (Å²) in [5.74, 6) is 1.22. The van der Waals surface area contributed by atoms with Crippen LogP contribution in [0.2, 0.25) is 0 Å². The molecule has 0 spiro atoms. The molecule has 0 saturated carbocycles. The van der Waals surface area contributed by atoms with E-state index in [0.29, 0.717) is 5.75 Å². The molecule has 0 aliphatic carbocycles. The van der Waals surface area contributed by atoms with Crippen LogP contribution in [0.4, 0.5) is 0 Å². The van der Waals surface area contributed by atoms with Crippen LogP contribution < -0.4 is 0 Å². The van der Waals surface area contributed by atoms with Crippen LogP contribution in [-0.2, 0) is 6.42 Å². The summed E-state index contributed by atoms with van der Waals surface area (Å²) in [5, 5.41) is 11.1. The van der Waals surface area contributed by atoms with Crippen molar-refractivity contribution in [3.63, 3.8) is 0 Å². The molecule has 0 bridgehead atoms. The number of aromatic hydroxyl groups is 1. The Labute approximate surface area is 118 Å². The molecule has 0 amide bonds. The molecule has 0 aliphatic rings. The van der Waals surface area contributed by atoms with Gasteiger partial charge in [-0.1, -0.05) is 43.7 Å². The van der Waals surface area contributed by atoms with Crippen molar-refractivity contribution >= 4 is 11.0 Å². The van der Waals surface area contributed by atoms with Crippen molar-refractivity contribution in [3.8, 4) is 16.9 Å². The first kappa shape index (κ1) is 12.8. The van der Waals surface area contributed by atoms with Gasteiger partial charge >= 0.3 is 0 Å². The molecule has 102 valence electrons. The van der Waals surface area contributed by atoms with Crippen molar-refractivity contribution in [2.75, 3.05) is 0 Å². The molecule has 3 aromatic rings. The lowest BCUT2D eigenvalue weighted by molar-refractivity contribution is 0.465. The summed E-state index contributed by atoms with van der Waals surface area (Å²) in [5.41, 5.74) is 4.01. The Hall–Kier alpha value is -2.22. The third-order valence-corrected chi connectivity index (χ3v) is 3.67. The van der Waals surface area contributed by atoms with Crippen LogP contribution in [0, 0.1) is 6.92 Å². The summed E-state index contributed by atoms with van der Waals surface area (Å²) in [7, 11) is 0. The third kappa shape index (κ3) is 1.97. The molecule has 1 heterocycles. The van der Waals surface area contributed by atoms with E-state index >= 15 is 0 Å². The maximum Gasteiger partial charge on any atom is 0.141 e. The minimum Gasteiger partial charge on any atom is -0.508 e. The Kier molecular flexibility index (Phi) is 3.23. The zero-order chi connectivity index (χ0) is 14.1. The van der Waals surface area contributed by atoms with Crippen LogP contribution in [0.25, 0.3) is 22.1 Å². The van der Waals surface area contributed by atoms with Gasteiger partial charge in [-0.3, -0.25) is 0 Å². The van der Waals surface area contributed by atoms with E-state index in [0.717, 1.165) is 46.3 Å². The Morgan fingerprint density at radius 2 is 1.80 bits per heavy atom. The quantitative estimate of drug-likeness (QED) is 0.718. The zero-order valence-electron chi connectivity index (χ0n) is 11.8. The number of furan rings is 1. The monoisotopic (exact) mass is 266 g/mol. The molecule has 20 heavy (non-hydrogen) atoms. The van der Waals surface area contributed by atoms with E-state index in [1.165, 1.54) is 0 Å². The summed E-state index contributed by atoms with van der Waals surface area (Å²) in [6.45, 7) is 4.08. The summed E-state index contributed by atoms with van der Waals surface area (Å²) >= 11 is 0. The van der Waals surface area contributed by atoms with Crippen molar-refractivity contribution in [1.82, 2.24) is 0 Å². The van der Waals surface area contributed by atoms with Gasteiger partial charge in [0.1, 0.15) is 17.1 Å². The molecular formula is C18H18O2. The van der Waals surface area contributed by atoms with Crippen molar-refractivity contribution in [1.29, 1.82) is 0 Å². The van der Waals surface area contributed by atoms with Crippen molar-refractivity contribution in [3.05, 3.63) is 53.8 Å². The highest BCUT2D eigenvalue weighted by atomic mass is 16.3. The number of hydrogen-bond acceptors (Lipinski definition) is 2. The van der Waals surface area contributed by atoms with Gasteiger partial charge in [0.05, 0.1) is 0 Å². The molecule has 0 fully saturated rings. The lowest BCUT2D eigenvalue weighted by Crippen LogP contribution is -1.85. The number of phenols is 1. The Morgan fingerprint density at radius 1 is 1.05 bits per heavy atom. The van der Waals surface area contributed by atoms with E-state index in [2.05, 4.69) is 19.1 Å². The Bertz CT molecular complexity index is 739. The molecule has 0 atom stereocenters. The molecule has 1 aromatic heterocycles. The second kappa shape index (κ2) is 5.04. The molecule has 3 rings (SSSR count). The smallest absolute Gasteiger partial charge is 0.141 e. The first-order valence-electron chi connectivity index (χ1n) is 7.01. The van der Waals surface area contributed by atoms with Gasteiger partial charge in [0.25, 0.3) is 0 Å². The van der Waals surface area contributed by atoms with Crippen molar-refractivity contribution < 1.29 is 9.52 Å². The number of aryl methyl sites for hydroxylation is 2. The average molecular weight is 266 g/mol. The highest BCUT2D eigenvalue weighted by molar-refractivity contribution is 5.98. The highest BCUT2D eigenvalue weighted by Crippen LogP contribution is 2.38. The van der Waals surface area contributed by atoms with Gasteiger partial charge in [-0.05, 0) is 31.0 Å². The molecule has 0 aliphatic heterocycles. The second-order valence-electron chi connectivity index (χ2n) is 5.09. The summed E-state index contributed by atoms with van der Waals surface area (Å²) < 4.78 is 5.96. The van der Waals surface area contributed by atoms with Gasteiger partial charge in [-0.25, -0.2) is 0 Å². The fourth-order valence-electron chi connectivity index (χ4n) is 2.78. The van der Waals surface area contributed by atoms with E-state index < -0.39 is 0 Å². The summed E-state index contributed by atoms with van der Waals surface area (Å²) in [6, 6.07) is 14.0. The van der Waals surface area contributed by atoms with Gasteiger partial charge in [-0.15, -0.1) is 0 Å². The van der Waals surface area contributed by atoms with Crippen LogP contribution in [0.5, 0.6) is 5.75 Å². The second-order valence-corrected chi connectivity index (χ2v) is 5.09. The third-order valence-electron chi connectivity index (χ3n) is 3.67. The number of benzene rings is 2. The average Bonchev–Trinajstić information content (AvgIpc) is 2.79. The van der Waals surface area contributed by atoms with Crippen LogP contribution >= 0.6 is 0 Å². The SMILES string of the molecule is CCCc1c(O)ccc2c(-c3ccccc3)c(C)oc12. The number of hydrogen-bond donors (Lipinski definition) is 1. The highest BCUT2D eigenvalue weighted by Gasteiger charge is 2.17. The molecule has 2 heteroatoms. The molecule has 0 unspecified atom stereocenters. The van der Waals surface area contributed by atoms with Gasteiger partial charge in [0.15, 0.2) is 0 Å². The van der Waals surface area contributed by atoms with Crippen molar-refractivity contribution in [2.24, 2.45) is 0 Å². The fraction of sp³-hybridized carbons (Fsp3) is 0.222. The minimum atomic E-state index is 0.327. The zero-order valence-corrected chi connectivity index (χ0v) is 11.8.